The van der Waals surface area contributed by atoms with Crippen LogP contribution in [-0.2, 0) is 16.0 Å². The van der Waals surface area contributed by atoms with Crippen LogP contribution < -0.4 is 15.8 Å². The molecule has 10 heteroatoms. The fourth-order valence-corrected chi connectivity index (χ4v) is 4.85. The van der Waals surface area contributed by atoms with Gasteiger partial charge in [-0.3, -0.25) is 9.59 Å². The second-order valence-corrected chi connectivity index (χ2v) is 8.90. The highest BCUT2D eigenvalue weighted by atomic mass is 32.1. The van der Waals surface area contributed by atoms with E-state index in [1.54, 1.807) is 37.3 Å². The first-order valence-corrected chi connectivity index (χ1v) is 12.0. The van der Waals surface area contributed by atoms with E-state index < -0.39 is 5.97 Å². The smallest absolute Gasteiger partial charge is 0.338 e. The van der Waals surface area contributed by atoms with Gasteiger partial charge < -0.3 is 15.0 Å². The van der Waals surface area contributed by atoms with E-state index in [2.05, 4.69) is 27.2 Å². The molecule has 3 aromatic rings. The van der Waals surface area contributed by atoms with Gasteiger partial charge in [-0.05, 0) is 44.4 Å². The van der Waals surface area contributed by atoms with Gasteiger partial charge in [0.15, 0.2) is 0 Å². The van der Waals surface area contributed by atoms with Gasteiger partial charge in [0.2, 0.25) is 16.0 Å². The number of benzene rings is 1. The predicted octanol–water partition coefficient (Wildman–Crippen LogP) is 3.14. The van der Waals surface area contributed by atoms with Crippen LogP contribution in [0.15, 0.2) is 35.1 Å². The number of carbonyl (C=O) groups is 2. The van der Waals surface area contributed by atoms with E-state index in [0.29, 0.717) is 48.7 Å². The molecule has 174 valence electrons. The lowest BCUT2D eigenvalue weighted by Gasteiger charge is -2.30. The minimum atomic E-state index is -0.409. The third-order valence-electron chi connectivity index (χ3n) is 5.57. The molecule has 0 radical (unpaired) electrons. The van der Waals surface area contributed by atoms with Crippen molar-refractivity contribution >= 4 is 39.0 Å². The molecule has 0 spiro atoms. The molecule has 2 aromatic heterocycles. The quantitative estimate of drug-likeness (QED) is 0.530. The van der Waals surface area contributed by atoms with Crippen LogP contribution in [0.5, 0.6) is 0 Å². The molecule has 0 aliphatic carbocycles. The Bertz CT molecular complexity index is 1210. The summed E-state index contributed by atoms with van der Waals surface area (Å²) in [4.78, 5) is 44.3. The number of hydrogen-bond acceptors (Lipinski definition) is 8. The summed E-state index contributed by atoms with van der Waals surface area (Å²) in [7, 11) is 0. The van der Waals surface area contributed by atoms with Crippen molar-refractivity contribution in [1.82, 2.24) is 14.6 Å². The third-order valence-corrected chi connectivity index (χ3v) is 6.54. The lowest BCUT2D eigenvalue weighted by molar-refractivity contribution is -0.120. The molecule has 0 atom stereocenters. The summed E-state index contributed by atoms with van der Waals surface area (Å²) >= 11 is 1.40. The van der Waals surface area contributed by atoms with Crippen molar-refractivity contribution in [1.29, 1.82) is 0 Å². The lowest BCUT2D eigenvalue weighted by Crippen LogP contribution is -2.38. The van der Waals surface area contributed by atoms with Crippen LogP contribution in [0.1, 0.15) is 49.2 Å². The minimum Gasteiger partial charge on any atom is -0.462 e. The predicted molar refractivity (Wildman–Crippen MR) is 127 cm³/mol. The average Bonchev–Trinajstić information content (AvgIpc) is 3.25. The van der Waals surface area contributed by atoms with Gasteiger partial charge in [-0.25, -0.2) is 9.78 Å². The fraction of sp³-hybridized carbons (Fsp3) is 0.435. The number of aromatic nitrogens is 3. The SMILES string of the molecule is CCCc1cc(=O)n2nc(N3CCC(C(=O)Nc4cccc(C(=O)OCC)c4)CC3)sc2n1. The second-order valence-electron chi connectivity index (χ2n) is 7.97. The van der Waals surface area contributed by atoms with Gasteiger partial charge in [-0.15, -0.1) is 5.10 Å². The lowest BCUT2D eigenvalue weighted by atomic mass is 9.96. The molecule has 1 aliphatic rings. The topological polar surface area (TPSA) is 106 Å². The maximum Gasteiger partial charge on any atom is 0.338 e. The Labute approximate surface area is 195 Å². The summed E-state index contributed by atoms with van der Waals surface area (Å²) < 4.78 is 6.37. The van der Waals surface area contributed by atoms with Crippen molar-refractivity contribution in [3.05, 3.63) is 51.9 Å². The van der Waals surface area contributed by atoms with Crippen molar-refractivity contribution in [2.75, 3.05) is 29.9 Å². The zero-order valence-corrected chi connectivity index (χ0v) is 19.6. The van der Waals surface area contributed by atoms with E-state index in [1.807, 2.05) is 0 Å². The van der Waals surface area contributed by atoms with Gasteiger partial charge >= 0.3 is 5.97 Å². The van der Waals surface area contributed by atoms with Gasteiger partial charge in [0.1, 0.15) is 0 Å². The summed E-state index contributed by atoms with van der Waals surface area (Å²) in [5.74, 6) is -0.617. The molecule has 33 heavy (non-hydrogen) atoms. The molecule has 1 N–H and O–H groups in total. The van der Waals surface area contributed by atoms with Gasteiger partial charge in [0.25, 0.3) is 5.56 Å². The van der Waals surface area contributed by atoms with Gasteiger partial charge in [-0.1, -0.05) is 30.7 Å². The van der Waals surface area contributed by atoms with Crippen molar-refractivity contribution < 1.29 is 14.3 Å². The van der Waals surface area contributed by atoms with Crippen molar-refractivity contribution in [2.45, 2.75) is 39.5 Å². The summed E-state index contributed by atoms with van der Waals surface area (Å²) in [5, 5.41) is 8.12. The number of esters is 1. The maximum absolute atomic E-state index is 12.8. The van der Waals surface area contributed by atoms with E-state index >= 15 is 0 Å². The molecule has 4 rings (SSSR count). The molecule has 1 aromatic carbocycles. The fourth-order valence-electron chi connectivity index (χ4n) is 3.87. The Morgan fingerprint density at radius 1 is 1.21 bits per heavy atom. The van der Waals surface area contributed by atoms with Crippen LogP contribution in [0.25, 0.3) is 4.96 Å². The number of ether oxygens (including phenoxy) is 1. The van der Waals surface area contributed by atoms with Crippen molar-refractivity contribution in [2.24, 2.45) is 5.92 Å². The van der Waals surface area contributed by atoms with E-state index in [4.69, 9.17) is 4.74 Å². The molecule has 1 saturated heterocycles. The molecule has 1 amide bonds. The van der Waals surface area contributed by atoms with Gasteiger partial charge in [0, 0.05) is 36.5 Å². The highest BCUT2D eigenvalue weighted by Crippen LogP contribution is 2.27. The number of nitrogens with one attached hydrogen (secondary N) is 1. The normalized spacial score (nSPS) is 14.4. The molecule has 1 fully saturated rings. The van der Waals surface area contributed by atoms with Gasteiger partial charge in [-0.2, -0.15) is 4.52 Å². The number of piperidine rings is 1. The summed E-state index contributed by atoms with van der Waals surface area (Å²) in [6.45, 7) is 5.43. The van der Waals surface area contributed by atoms with Crippen LogP contribution in [0.4, 0.5) is 10.8 Å². The summed E-state index contributed by atoms with van der Waals surface area (Å²) in [6.07, 6.45) is 3.03. The van der Waals surface area contributed by atoms with Crippen LogP contribution in [0, 0.1) is 5.92 Å². The van der Waals surface area contributed by atoms with Crippen LogP contribution in [0.3, 0.4) is 0 Å². The summed E-state index contributed by atoms with van der Waals surface area (Å²) in [6, 6.07) is 8.32. The number of carbonyl (C=O) groups excluding carboxylic acids is 2. The molecule has 0 saturated carbocycles. The van der Waals surface area contributed by atoms with Crippen LogP contribution in [-0.4, -0.2) is 46.2 Å². The van der Waals surface area contributed by atoms with Crippen molar-refractivity contribution in [3.63, 3.8) is 0 Å². The molecule has 9 nitrogen and oxygen atoms in total. The number of fused-ring (bicyclic) bond motifs is 1. The van der Waals surface area contributed by atoms with Crippen LogP contribution >= 0.6 is 11.3 Å². The van der Waals surface area contributed by atoms with Crippen molar-refractivity contribution in [3.8, 4) is 0 Å². The van der Waals surface area contributed by atoms with E-state index in [0.717, 1.165) is 23.7 Å². The molecule has 1 aliphatic heterocycles. The van der Waals surface area contributed by atoms with Crippen LogP contribution in [0.2, 0.25) is 0 Å². The highest BCUT2D eigenvalue weighted by molar-refractivity contribution is 7.20. The number of nitrogens with zero attached hydrogens (tertiary/aromatic N) is 4. The first-order chi connectivity index (χ1) is 16.0. The third kappa shape index (κ3) is 5.22. The Balaban J connectivity index is 1.38. The second kappa shape index (κ2) is 10.1. The molecular formula is C23H27N5O4S. The van der Waals surface area contributed by atoms with E-state index in [9.17, 15) is 14.4 Å². The molecular weight excluding hydrogens is 442 g/mol. The van der Waals surface area contributed by atoms with E-state index in [1.165, 1.54) is 15.9 Å². The average molecular weight is 470 g/mol. The standard InChI is InChI=1S/C23H27N5O4S/c1-3-6-17-14-19(29)28-22(25-17)33-23(26-28)27-11-9-15(10-12-27)20(30)24-18-8-5-7-16(13-18)21(31)32-4-2/h5,7-8,13-15H,3-4,6,9-12H2,1-2H3,(H,24,30). The summed E-state index contributed by atoms with van der Waals surface area (Å²) in [5.41, 5.74) is 1.61. The molecule has 0 unspecified atom stereocenters. The monoisotopic (exact) mass is 469 g/mol. The Morgan fingerprint density at radius 2 is 2.00 bits per heavy atom. The largest absolute Gasteiger partial charge is 0.462 e. The molecule has 3 heterocycles. The Morgan fingerprint density at radius 3 is 2.73 bits per heavy atom. The Hall–Kier alpha value is -3.27. The first kappa shape index (κ1) is 22.9. The molecule has 0 bridgehead atoms. The minimum absolute atomic E-state index is 0.0675. The van der Waals surface area contributed by atoms with E-state index in [-0.39, 0.29) is 17.4 Å². The number of hydrogen-bond donors (Lipinski definition) is 1. The first-order valence-electron chi connectivity index (χ1n) is 11.2. The zero-order valence-electron chi connectivity index (χ0n) is 18.7. The number of amides is 1. The number of aryl methyl sites for hydroxylation is 1. The Kier molecular flexibility index (Phi) is 7.02. The number of rotatable bonds is 7. The van der Waals surface area contributed by atoms with Gasteiger partial charge in [0.05, 0.1) is 12.2 Å². The highest BCUT2D eigenvalue weighted by Gasteiger charge is 2.27. The number of anilines is 2. The maximum atomic E-state index is 12.8. The zero-order chi connectivity index (χ0) is 23.4.